The summed E-state index contributed by atoms with van der Waals surface area (Å²) < 4.78 is 58.9. The summed E-state index contributed by atoms with van der Waals surface area (Å²) in [5.41, 5.74) is 1.67. The highest BCUT2D eigenvalue weighted by Crippen LogP contribution is 2.35. The van der Waals surface area contributed by atoms with E-state index in [1.165, 1.54) is 0 Å². The van der Waals surface area contributed by atoms with Gasteiger partial charge in [0.05, 0.1) is 9.79 Å². The van der Waals surface area contributed by atoms with Gasteiger partial charge in [-0.25, -0.2) is 16.8 Å². The summed E-state index contributed by atoms with van der Waals surface area (Å²) in [7, 11) is -7.50. The molecular formula is C30H36N6O4S2. The van der Waals surface area contributed by atoms with Crippen LogP contribution in [0.5, 0.6) is 0 Å². The molecule has 0 aliphatic carbocycles. The van der Waals surface area contributed by atoms with Gasteiger partial charge in [0.1, 0.15) is 0 Å². The summed E-state index contributed by atoms with van der Waals surface area (Å²) in [5.74, 6) is 0. The lowest BCUT2D eigenvalue weighted by Gasteiger charge is -2.30. The molecule has 1 atom stereocenters. The van der Waals surface area contributed by atoms with Crippen molar-refractivity contribution >= 4 is 47.3 Å². The van der Waals surface area contributed by atoms with Crippen LogP contribution in [0.15, 0.2) is 71.0 Å². The van der Waals surface area contributed by atoms with Gasteiger partial charge in [-0.3, -0.25) is 9.97 Å². The van der Waals surface area contributed by atoms with Crippen molar-refractivity contribution in [3.63, 3.8) is 0 Å². The third-order valence-corrected chi connectivity index (χ3v) is 12.3. The van der Waals surface area contributed by atoms with Crippen LogP contribution in [-0.4, -0.2) is 87.3 Å². The van der Waals surface area contributed by atoms with Crippen molar-refractivity contribution in [3.8, 4) is 0 Å². The zero-order valence-corrected chi connectivity index (χ0v) is 25.5. The summed E-state index contributed by atoms with van der Waals surface area (Å²) in [6.07, 6.45) is 8.11. The van der Waals surface area contributed by atoms with Gasteiger partial charge in [-0.05, 0) is 63.1 Å². The minimum absolute atomic E-state index is 0.276. The summed E-state index contributed by atoms with van der Waals surface area (Å²) >= 11 is 0. The maximum absolute atomic E-state index is 14.1. The molecule has 0 bridgehead atoms. The minimum atomic E-state index is -3.80. The van der Waals surface area contributed by atoms with Crippen LogP contribution >= 0.6 is 0 Å². The number of nitrogens with one attached hydrogen (secondary N) is 1. The molecule has 0 amide bonds. The monoisotopic (exact) mass is 608 g/mol. The topological polar surface area (TPSA) is 116 Å². The maximum atomic E-state index is 14.1. The van der Waals surface area contributed by atoms with Gasteiger partial charge >= 0.3 is 0 Å². The molecule has 6 rings (SSSR count). The molecule has 2 aliphatic heterocycles. The molecule has 2 saturated heterocycles. The average Bonchev–Trinajstić information content (AvgIpc) is 3.38. The Bertz CT molecular complexity index is 1830. The number of rotatable bonds is 5. The first-order chi connectivity index (χ1) is 20.2. The van der Waals surface area contributed by atoms with Crippen LogP contribution in [0.4, 0.5) is 5.69 Å². The van der Waals surface area contributed by atoms with Crippen molar-refractivity contribution in [2.24, 2.45) is 0 Å². The van der Waals surface area contributed by atoms with Gasteiger partial charge in [0.2, 0.25) is 20.0 Å². The van der Waals surface area contributed by atoms with E-state index in [1.54, 1.807) is 57.7 Å². The molecule has 0 unspecified atom stereocenters. The van der Waals surface area contributed by atoms with E-state index in [0.717, 1.165) is 35.0 Å². The molecule has 4 heterocycles. The number of anilines is 1. The number of sulfonamides is 2. The summed E-state index contributed by atoms with van der Waals surface area (Å²) in [4.78, 5) is 11.3. The Balaban J connectivity index is 1.34. The van der Waals surface area contributed by atoms with E-state index in [-0.39, 0.29) is 10.9 Å². The highest BCUT2D eigenvalue weighted by atomic mass is 32.2. The van der Waals surface area contributed by atoms with Crippen molar-refractivity contribution in [1.29, 1.82) is 0 Å². The second kappa shape index (κ2) is 11.5. The molecule has 2 aromatic heterocycles. The number of nitrogens with zero attached hydrogens (tertiary/aromatic N) is 5. The summed E-state index contributed by atoms with van der Waals surface area (Å²) in [5, 5.41) is 6.13. The standard InChI is InChI=1S/C30H36N6O4S2/c1-22-18-33-19-24-6-3-7-29(30(22)24)42(39,40)36-16-5-14-34(21-23(36)2)27-8-9-28(25-10-12-32-20-26(25)27)41(37,38)35-15-4-11-31-13-17-35/h3,6-10,12,18-20,23,31H,4-5,11,13-17,21H2,1-2H3/t23-/m0/s1. The second-order valence-electron chi connectivity index (χ2n) is 11.1. The molecular weight excluding hydrogens is 573 g/mol. The lowest BCUT2D eigenvalue weighted by atomic mass is 10.1. The fourth-order valence-corrected chi connectivity index (χ4v) is 9.90. The third-order valence-electron chi connectivity index (χ3n) is 8.32. The number of aryl methyl sites for hydroxylation is 1. The van der Waals surface area contributed by atoms with E-state index in [2.05, 4.69) is 20.2 Å². The van der Waals surface area contributed by atoms with E-state index in [9.17, 15) is 16.8 Å². The zero-order valence-electron chi connectivity index (χ0n) is 23.9. The van der Waals surface area contributed by atoms with Gasteiger partial charge in [0.15, 0.2) is 0 Å². The molecule has 2 aromatic carbocycles. The largest absolute Gasteiger partial charge is 0.369 e. The van der Waals surface area contributed by atoms with Crippen LogP contribution in [0.1, 0.15) is 25.3 Å². The Morgan fingerprint density at radius 1 is 0.810 bits per heavy atom. The lowest BCUT2D eigenvalue weighted by molar-refractivity contribution is 0.357. The van der Waals surface area contributed by atoms with Crippen LogP contribution < -0.4 is 10.2 Å². The number of hydrogen-bond acceptors (Lipinski definition) is 8. The number of fused-ring (bicyclic) bond motifs is 2. The van der Waals surface area contributed by atoms with Crippen LogP contribution in [0, 0.1) is 6.92 Å². The molecule has 10 nitrogen and oxygen atoms in total. The summed E-state index contributed by atoms with van der Waals surface area (Å²) in [6, 6.07) is 10.3. The maximum Gasteiger partial charge on any atom is 0.244 e. The molecule has 12 heteroatoms. The smallest absolute Gasteiger partial charge is 0.244 e. The predicted octanol–water partition coefficient (Wildman–Crippen LogP) is 3.36. The highest BCUT2D eigenvalue weighted by molar-refractivity contribution is 7.89. The fraction of sp³-hybridized carbons (Fsp3) is 0.400. The lowest BCUT2D eigenvalue weighted by Crippen LogP contribution is -2.42. The second-order valence-corrected chi connectivity index (χ2v) is 14.9. The average molecular weight is 609 g/mol. The van der Waals surface area contributed by atoms with Gasteiger partial charge in [0.25, 0.3) is 0 Å². The molecule has 0 radical (unpaired) electrons. The van der Waals surface area contributed by atoms with Gasteiger partial charge in [-0.2, -0.15) is 8.61 Å². The highest BCUT2D eigenvalue weighted by Gasteiger charge is 2.34. The van der Waals surface area contributed by atoms with Crippen molar-refractivity contribution < 1.29 is 16.8 Å². The third kappa shape index (κ3) is 5.15. The molecule has 222 valence electrons. The molecule has 2 aliphatic rings. The Labute approximate surface area is 247 Å². The Morgan fingerprint density at radius 2 is 1.67 bits per heavy atom. The van der Waals surface area contributed by atoms with Crippen LogP contribution in [-0.2, 0) is 20.0 Å². The molecule has 0 spiro atoms. The van der Waals surface area contributed by atoms with Gasteiger partial charge in [-0.1, -0.05) is 12.1 Å². The molecule has 0 saturated carbocycles. The molecule has 42 heavy (non-hydrogen) atoms. The normalized spacial score (nSPS) is 20.0. The van der Waals surface area contributed by atoms with Crippen LogP contribution in [0.2, 0.25) is 0 Å². The fourth-order valence-electron chi connectivity index (χ4n) is 6.28. The zero-order chi connectivity index (χ0) is 29.5. The first kappa shape index (κ1) is 28.9. The van der Waals surface area contributed by atoms with Crippen molar-refractivity contribution in [1.82, 2.24) is 23.9 Å². The van der Waals surface area contributed by atoms with Crippen LogP contribution in [0.3, 0.4) is 0 Å². The van der Waals surface area contributed by atoms with Crippen molar-refractivity contribution in [3.05, 3.63) is 66.7 Å². The van der Waals surface area contributed by atoms with Crippen molar-refractivity contribution in [2.75, 3.05) is 50.7 Å². The van der Waals surface area contributed by atoms with Crippen molar-refractivity contribution in [2.45, 2.75) is 42.5 Å². The van der Waals surface area contributed by atoms with E-state index < -0.39 is 20.0 Å². The van der Waals surface area contributed by atoms with Gasteiger partial charge in [-0.15, -0.1) is 0 Å². The molecule has 2 fully saturated rings. The van der Waals surface area contributed by atoms with Gasteiger partial charge < -0.3 is 10.2 Å². The number of hydrogen-bond donors (Lipinski definition) is 1. The summed E-state index contributed by atoms with van der Waals surface area (Å²) in [6.45, 7) is 7.61. The van der Waals surface area contributed by atoms with Crippen LogP contribution in [0.25, 0.3) is 21.5 Å². The molecule has 1 N–H and O–H groups in total. The number of aromatic nitrogens is 2. The SMILES string of the molecule is Cc1cncc2cccc(S(=O)(=O)N3CCCN(c4ccc(S(=O)(=O)N5CCCNCC5)c5ccncc45)C[C@@H]3C)c12. The van der Waals surface area contributed by atoms with E-state index in [1.807, 2.05) is 26.0 Å². The predicted molar refractivity (Wildman–Crippen MR) is 165 cm³/mol. The van der Waals surface area contributed by atoms with E-state index >= 15 is 0 Å². The Kier molecular flexibility index (Phi) is 7.92. The Hall–Kier alpha value is -3.16. The first-order valence-corrected chi connectivity index (χ1v) is 17.3. The van der Waals surface area contributed by atoms with E-state index in [4.69, 9.17) is 0 Å². The number of pyridine rings is 2. The first-order valence-electron chi connectivity index (χ1n) is 14.4. The Morgan fingerprint density at radius 3 is 2.52 bits per heavy atom. The number of benzene rings is 2. The quantitative estimate of drug-likeness (QED) is 0.367. The van der Waals surface area contributed by atoms with E-state index in [0.29, 0.717) is 61.4 Å². The molecule has 4 aromatic rings. The minimum Gasteiger partial charge on any atom is -0.369 e. The van der Waals surface area contributed by atoms with Gasteiger partial charge in [0, 0.05) is 97.3 Å².